The lowest BCUT2D eigenvalue weighted by Crippen LogP contribution is -2.37. The fourth-order valence-electron chi connectivity index (χ4n) is 4.57. The third kappa shape index (κ3) is 4.96. The van der Waals surface area contributed by atoms with Crippen LogP contribution in [0.2, 0.25) is 0 Å². The van der Waals surface area contributed by atoms with Gasteiger partial charge in [0.15, 0.2) is 0 Å². The zero-order valence-corrected chi connectivity index (χ0v) is 17.2. The van der Waals surface area contributed by atoms with Gasteiger partial charge in [0, 0.05) is 38.5 Å². The van der Waals surface area contributed by atoms with E-state index in [9.17, 15) is 4.79 Å². The molecule has 1 amide bonds. The quantitative estimate of drug-likeness (QED) is 0.709. The van der Waals surface area contributed by atoms with Crippen molar-refractivity contribution in [1.29, 1.82) is 0 Å². The highest BCUT2D eigenvalue weighted by atomic mass is 16.5. The van der Waals surface area contributed by atoms with Crippen molar-refractivity contribution >= 4 is 5.91 Å². The molecular formula is C24H30N2O3. The van der Waals surface area contributed by atoms with Gasteiger partial charge in [-0.2, -0.15) is 0 Å². The fraction of sp³-hybridized carbons (Fsp3) is 0.500. The number of fused-ring (bicyclic) bond motifs is 1. The summed E-state index contributed by atoms with van der Waals surface area (Å²) in [5.41, 5.74) is 3.70. The summed E-state index contributed by atoms with van der Waals surface area (Å²) in [6.07, 6.45) is 9.66. The van der Waals surface area contributed by atoms with Crippen LogP contribution in [0.15, 0.2) is 42.7 Å². The Balaban J connectivity index is 1.49. The molecule has 1 aliphatic heterocycles. The van der Waals surface area contributed by atoms with Crippen LogP contribution >= 0.6 is 0 Å². The van der Waals surface area contributed by atoms with Crippen molar-refractivity contribution in [2.75, 3.05) is 20.3 Å². The number of carbonyl (C=O) groups is 1. The summed E-state index contributed by atoms with van der Waals surface area (Å²) in [6, 6.07) is 10.3. The number of aryl methyl sites for hydroxylation is 1. The van der Waals surface area contributed by atoms with Crippen LogP contribution in [0.3, 0.4) is 0 Å². The van der Waals surface area contributed by atoms with Crippen LogP contribution < -0.4 is 4.74 Å². The Kier molecular flexibility index (Phi) is 6.45. The standard InChI is InChI=1S/C24H30N2O3/c1-28-21-9-10-23-19(13-21)6-2-7-20(23)14-24(27)26(17-22-8-4-12-29-22)16-18-5-3-11-25-15-18/h3,5,9-11,13,15,20,22H,2,4,6-8,12,14,16-17H2,1H3. The van der Waals surface area contributed by atoms with Gasteiger partial charge in [0.2, 0.25) is 5.91 Å². The molecule has 2 aliphatic rings. The molecule has 1 aromatic carbocycles. The zero-order chi connectivity index (χ0) is 20.1. The number of nitrogens with zero attached hydrogens (tertiary/aromatic N) is 2. The summed E-state index contributed by atoms with van der Waals surface area (Å²) in [5, 5.41) is 0. The summed E-state index contributed by atoms with van der Waals surface area (Å²) in [7, 11) is 1.70. The molecule has 154 valence electrons. The third-order valence-electron chi connectivity index (χ3n) is 6.11. The molecule has 2 atom stereocenters. The van der Waals surface area contributed by atoms with E-state index in [0.29, 0.717) is 19.5 Å². The Labute approximate surface area is 173 Å². The molecular weight excluding hydrogens is 364 g/mol. The van der Waals surface area contributed by atoms with E-state index in [4.69, 9.17) is 9.47 Å². The summed E-state index contributed by atoms with van der Waals surface area (Å²) >= 11 is 0. The van der Waals surface area contributed by atoms with Gasteiger partial charge in [0.05, 0.1) is 13.2 Å². The van der Waals surface area contributed by atoms with Gasteiger partial charge in [-0.1, -0.05) is 12.1 Å². The van der Waals surface area contributed by atoms with Gasteiger partial charge >= 0.3 is 0 Å². The van der Waals surface area contributed by atoms with Crippen molar-refractivity contribution < 1.29 is 14.3 Å². The highest BCUT2D eigenvalue weighted by Gasteiger charge is 2.28. The Morgan fingerprint density at radius 3 is 2.97 bits per heavy atom. The van der Waals surface area contributed by atoms with Crippen LogP contribution in [0.1, 0.15) is 54.7 Å². The van der Waals surface area contributed by atoms with E-state index in [1.807, 2.05) is 29.3 Å². The lowest BCUT2D eigenvalue weighted by Gasteiger charge is -2.30. The number of hydrogen-bond acceptors (Lipinski definition) is 4. The number of amides is 1. The number of hydrogen-bond donors (Lipinski definition) is 0. The Morgan fingerprint density at radius 1 is 1.28 bits per heavy atom. The van der Waals surface area contributed by atoms with Gasteiger partial charge in [-0.3, -0.25) is 9.78 Å². The summed E-state index contributed by atoms with van der Waals surface area (Å²) < 4.78 is 11.2. The molecule has 0 spiro atoms. The number of methoxy groups -OCH3 is 1. The molecule has 2 heterocycles. The predicted octanol–water partition coefficient (Wildman–Crippen LogP) is 4.11. The van der Waals surface area contributed by atoms with Crippen molar-refractivity contribution in [3.05, 3.63) is 59.4 Å². The van der Waals surface area contributed by atoms with E-state index in [2.05, 4.69) is 17.1 Å². The fourth-order valence-corrected chi connectivity index (χ4v) is 4.57. The molecule has 2 aromatic rings. The SMILES string of the molecule is COc1ccc2c(c1)CCCC2CC(=O)N(Cc1cccnc1)CC1CCCO1. The first-order valence-electron chi connectivity index (χ1n) is 10.7. The molecule has 0 bridgehead atoms. The maximum atomic E-state index is 13.4. The van der Waals surface area contributed by atoms with E-state index in [1.165, 1.54) is 11.1 Å². The lowest BCUT2D eigenvalue weighted by molar-refractivity contribution is -0.134. The van der Waals surface area contributed by atoms with Gasteiger partial charge in [-0.25, -0.2) is 0 Å². The van der Waals surface area contributed by atoms with Crippen molar-refractivity contribution in [3.8, 4) is 5.75 Å². The minimum atomic E-state index is 0.151. The van der Waals surface area contributed by atoms with E-state index in [1.54, 1.807) is 13.3 Å². The molecule has 29 heavy (non-hydrogen) atoms. The van der Waals surface area contributed by atoms with Gasteiger partial charge in [0.25, 0.3) is 0 Å². The molecule has 4 rings (SSSR count). The van der Waals surface area contributed by atoms with Gasteiger partial charge in [0.1, 0.15) is 5.75 Å². The first-order valence-corrected chi connectivity index (χ1v) is 10.7. The number of carbonyl (C=O) groups excluding carboxylic acids is 1. The van der Waals surface area contributed by atoms with Crippen LogP contribution in [-0.2, 0) is 22.5 Å². The van der Waals surface area contributed by atoms with Crippen LogP contribution in [0.25, 0.3) is 0 Å². The number of aromatic nitrogens is 1. The Hall–Kier alpha value is -2.40. The van der Waals surface area contributed by atoms with Gasteiger partial charge in [-0.05, 0) is 72.9 Å². The van der Waals surface area contributed by atoms with Crippen molar-refractivity contribution in [3.63, 3.8) is 0 Å². The van der Waals surface area contributed by atoms with E-state index < -0.39 is 0 Å². The minimum Gasteiger partial charge on any atom is -0.497 e. The molecule has 0 saturated carbocycles. The lowest BCUT2D eigenvalue weighted by atomic mass is 9.80. The monoisotopic (exact) mass is 394 g/mol. The molecule has 1 saturated heterocycles. The maximum absolute atomic E-state index is 13.4. The second kappa shape index (κ2) is 9.40. The largest absolute Gasteiger partial charge is 0.497 e. The molecule has 0 N–H and O–H groups in total. The van der Waals surface area contributed by atoms with Crippen LogP contribution in [0.4, 0.5) is 0 Å². The normalized spacial score (nSPS) is 20.9. The predicted molar refractivity (Wildman–Crippen MR) is 112 cm³/mol. The number of ether oxygens (including phenoxy) is 2. The smallest absolute Gasteiger partial charge is 0.223 e. The number of pyridine rings is 1. The Morgan fingerprint density at radius 2 is 2.21 bits per heavy atom. The van der Waals surface area contributed by atoms with E-state index in [-0.39, 0.29) is 17.9 Å². The van der Waals surface area contributed by atoms with E-state index >= 15 is 0 Å². The molecule has 5 heteroatoms. The molecule has 0 radical (unpaired) electrons. The topological polar surface area (TPSA) is 51.7 Å². The zero-order valence-electron chi connectivity index (χ0n) is 17.2. The summed E-state index contributed by atoms with van der Waals surface area (Å²) in [6.45, 7) is 2.06. The third-order valence-corrected chi connectivity index (χ3v) is 6.11. The summed E-state index contributed by atoms with van der Waals surface area (Å²) in [5.74, 6) is 1.38. The van der Waals surface area contributed by atoms with Gasteiger partial charge < -0.3 is 14.4 Å². The van der Waals surface area contributed by atoms with Crippen molar-refractivity contribution in [1.82, 2.24) is 9.88 Å². The van der Waals surface area contributed by atoms with Crippen molar-refractivity contribution in [2.45, 2.75) is 57.1 Å². The first-order chi connectivity index (χ1) is 14.2. The van der Waals surface area contributed by atoms with Crippen molar-refractivity contribution in [2.24, 2.45) is 0 Å². The highest BCUT2D eigenvalue weighted by molar-refractivity contribution is 5.77. The second-order valence-electron chi connectivity index (χ2n) is 8.13. The van der Waals surface area contributed by atoms with Crippen LogP contribution in [-0.4, -0.2) is 42.2 Å². The van der Waals surface area contributed by atoms with Crippen LogP contribution in [0.5, 0.6) is 5.75 Å². The molecule has 1 fully saturated rings. The van der Waals surface area contributed by atoms with Gasteiger partial charge in [-0.15, -0.1) is 0 Å². The van der Waals surface area contributed by atoms with E-state index in [0.717, 1.165) is 50.0 Å². The molecule has 1 aliphatic carbocycles. The second-order valence-corrected chi connectivity index (χ2v) is 8.13. The average molecular weight is 395 g/mol. The highest BCUT2D eigenvalue weighted by Crippen LogP contribution is 2.36. The number of rotatable bonds is 7. The average Bonchev–Trinajstić information content (AvgIpc) is 3.27. The minimum absolute atomic E-state index is 0.151. The molecule has 2 unspecified atom stereocenters. The first kappa shape index (κ1) is 19.9. The number of benzene rings is 1. The maximum Gasteiger partial charge on any atom is 0.223 e. The molecule has 1 aromatic heterocycles. The molecule has 5 nitrogen and oxygen atoms in total. The van der Waals surface area contributed by atoms with Crippen LogP contribution in [0, 0.1) is 0 Å². The summed E-state index contributed by atoms with van der Waals surface area (Å²) in [4.78, 5) is 19.5. The Bertz CT molecular complexity index is 818.